The molecule has 0 N–H and O–H groups in total. The first-order valence-corrected chi connectivity index (χ1v) is 41.6. The van der Waals surface area contributed by atoms with Crippen molar-refractivity contribution in [3.8, 4) is 22.3 Å². The minimum atomic E-state index is -5.19. The van der Waals surface area contributed by atoms with Gasteiger partial charge in [0, 0.05) is 0 Å². The number of hydrogen-bond donors (Lipinski definition) is 0. The molecule has 4 heteroatoms. The second-order valence-corrected chi connectivity index (χ2v) is 63.8. The predicted molar refractivity (Wildman–Crippen MR) is 281 cm³/mol. The Bertz CT molecular complexity index is 2580. The van der Waals surface area contributed by atoms with Gasteiger partial charge >= 0.3 is 397 Å². The van der Waals surface area contributed by atoms with Crippen LogP contribution in [0.4, 0.5) is 0 Å². The first-order valence-electron chi connectivity index (χ1n) is 25.3. The molecule has 0 aromatic heterocycles. The van der Waals surface area contributed by atoms with Crippen LogP contribution in [0.3, 0.4) is 0 Å². The molecule has 10 rings (SSSR count). The molecule has 0 amide bonds. The Morgan fingerprint density at radius 2 is 0.875 bits per heavy atom. The molecule has 6 aromatic carbocycles. The third-order valence-corrected chi connectivity index (χ3v) is 69.5. The molecule has 2 atom stereocenters. The average molecular weight is 980 g/mol. The van der Waals surface area contributed by atoms with Gasteiger partial charge in [0.15, 0.2) is 0 Å². The maximum absolute atomic E-state index is 9.37. The Balaban J connectivity index is 1.20. The third kappa shape index (κ3) is 7.85. The van der Waals surface area contributed by atoms with E-state index in [1.54, 1.807) is 11.1 Å². The molecule has 331 valence electrons. The summed E-state index contributed by atoms with van der Waals surface area (Å²) in [7, 11) is 18.7. The van der Waals surface area contributed by atoms with Gasteiger partial charge in [-0.15, -0.1) is 0 Å². The number of allylic oxidation sites excluding steroid dienone is 2. The second kappa shape index (κ2) is 17.9. The van der Waals surface area contributed by atoms with Crippen LogP contribution in [-0.4, -0.2) is 5.92 Å². The first-order chi connectivity index (χ1) is 31.0. The van der Waals surface area contributed by atoms with Gasteiger partial charge in [-0.05, 0) is 0 Å². The molecule has 0 aliphatic heterocycles. The van der Waals surface area contributed by atoms with Crippen molar-refractivity contribution in [2.75, 3.05) is 0 Å². The second-order valence-electron chi connectivity index (χ2n) is 21.3. The summed E-state index contributed by atoms with van der Waals surface area (Å²) in [4.78, 5) is 0. The van der Waals surface area contributed by atoms with Gasteiger partial charge < -0.3 is 0 Å². The molecule has 0 bridgehead atoms. The zero-order valence-corrected chi connectivity index (χ0v) is 44.1. The standard InChI is InChI=1S/2C29H31.C2H7Si.2ClH.Zr/c2*1-2-29(16-7-3-4-8-17-29)21-22-18-25-12-9-13-27(28(25)19-22)26-15-14-23-10-5-6-11-24(23)20-26;1-3-2;;;/h2*5-6,9-15,18-20H,2-4,7-8,16-17,21H2,1H3;3H,1-2H3;2*1H;/q;;;;;+2/p-2. The van der Waals surface area contributed by atoms with E-state index in [-0.39, 0.29) is 18.1 Å². The summed E-state index contributed by atoms with van der Waals surface area (Å²) in [5.74, 6) is -1.80. The third-order valence-electron chi connectivity index (χ3n) is 17.6. The fourth-order valence-corrected chi connectivity index (χ4v) is 45.0. The summed E-state index contributed by atoms with van der Waals surface area (Å²) in [6, 6.07) is 46.1. The molecule has 0 spiro atoms. The zero-order chi connectivity index (χ0) is 44.1. The van der Waals surface area contributed by atoms with Crippen LogP contribution in [0, 0.1) is 10.8 Å². The summed E-state index contributed by atoms with van der Waals surface area (Å²) in [5, 5.41) is 5.15. The number of hydrogen-bond acceptors (Lipinski definition) is 0. The summed E-state index contributed by atoms with van der Waals surface area (Å²) >= 11 is -5.19. The van der Waals surface area contributed by atoms with Crippen LogP contribution in [0.15, 0.2) is 132 Å². The Morgan fingerprint density at radius 1 is 0.484 bits per heavy atom. The van der Waals surface area contributed by atoms with E-state index < -0.39 is 21.5 Å². The van der Waals surface area contributed by atoms with E-state index in [2.05, 4.69) is 160 Å². The van der Waals surface area contributed by atoms with Gasteiger partial charge in [0.1, 0.15) is 0 Å². The monoisotopic (exact) mass is 977 g/mol. The van der Waals surface area contributed by atoms with Crippen molar-refractivity contribution in [3.05, 3.63) is 155 Å². The van der Waals surface area contributed by atoms with Crippen LogP contribution < -0.4 is 0 Å². The van der Waals surface area contributed by atoms with Crippen LogP contribution in [0.2, 0.25) is 13.1 Å². The predicted octanol–water partition coefficient (Wildman–Crippen LogP) is 19.2. The summed E-state index contributed by atoms with van der Waals surface area (Å²) in [6.07, 6.45) is 26.0. The fraction of sp³-hybridized carbons (Fsp3) is 0.400. The Labute approximate surface area is 393 Å². The normalized spacial score (nSPS) is 21.4. The average Bonchev–Trinajstić information content (AvgIpc) is 3.67. The molecule has 0 radical (unpaired) electrons. The molecular formula is C60H69Cl2SiZr. The van der Waals surface area contributed by atoms with Gasteiger partial charge in [0.2, 0.25) is 0 Å². The summed E-state index contributed by atoms with van der Waals surface area (Å²) in [6.45, 7) is 10.1. The Morgan fingerprint density at radius 3 is 1.25 bits per heavy atom. The number of halogens is 2. The van der Waals surface area contributed by atoms with E-state index in [0.717, 1.165) is 12.8 Å². The molecule has 2 fully saturated rings. The molecule has 2 saturated carbocycles. The van der Waals surface area contributed by atoms with Crippen LogP contribution >= 0.6 is 17.0 Å². The molecule has 0 heterocycles. The molecule has 64 heavy (non-hydrogen) atoms. The molecule has 4 aliphatic carbocycles. The van der Waals surface area contributed by atoms with Gasteiger partial charge in [-0.25, -0.2) is 0 Å². The molecule has 2 unspecified atom stereocenters. The number of benzene rings is 6. The van der Waals surface area contributed by atoms with Gasteiger partial charge in [0.25, 0.3) is 0 Å². The van der Waals surface area contributed by atoms with Gasteiger partial charge in [-0.2, -0.15) is 0 Å². The fourth-order valence-electron chi connectivity index (χ4n) is 13.7. The topological polar surface area (TPSA) is 0 Å². The SMILES string of the molecule is CCC1(CC2=Cc3c(-c4ccc5ccccc5c4)cccc3[CH]2[Zr]([Cl])([Cl])([CH]2C(CC3(CC)CCCCCC3)=Cc3c(-c4ccc5ccccc5c4)cccc32)[SiH](C)C)CCCCCC1. The van der Waals surface area contributed by atoms with Crippen molar-refractivity contribution in [2.24, 2.45) is 10.8 Å². The van der Waals surface area contributed by atoms with Crippen molar-refractivity contribution in [2.45, 2.75) is 137 Å². The molecule has 4 aliphatic rings. The van der Waals surface area contributed by atoms with Crippen molar-refractivity contribution in [1.29, 1.82) is 0 Å². The minimum absolute atomic E-state index is 0.0777. The molecular weight excluding hydrogens is 911 g/mol. The van der Waals surface area contributed by atoms with Gasteiger partial charge in [-0.1, -0.05) is 0 Å². The van der Waals surface area contributed by atoms with E-state index in [1.807, 2.05) is 0 Å². The van der Waals surface area contributed by atoms with Gasteiger partial charge in [-0.3, -0.25) is 0 Å². The van der Waals surface area contributed by atoms with Crippen molar-refractivity contribution in [3.63, 3.8) is 0 Å². The van der Waals surface area contributed by atoms with Crippen LogP contribution in [0.1, 0.15) is 146 Å². The Hall–Kier alpha value is -3.00. The van der Waals surface area contributed by atoms with Gasteiger partial charge in [0.05, 0.1) is 0 Å². The molecule has 0 nitrogen and oxygen atoms in total. The quantitative estimate of drug-likeness (QED) is 0.0896. The van der Waals surface area contributed by atoms with E-state index in [4.69, 9.17) is 0 Å². The zero-order valence-electron chi connectivity index (χ0n) is 39.0. The van der Waals surface area contributed by atoms with Crippen molar-refractivity contribution in [1.82, 2.24) is 0 Å². The maximum atomic E-state index is 9.37. The van der Waals surface area contributed by atoms with Crippen LogP contribution in [0.5, 0.6) is 0 Å². The molecule has 0 saturated heterocycles. The van der Waals surface area contributed by atoms with E-state index in [1.165, 1.54) is 156 Å². The van der Waals surface area contributed by atoms with Crippen LogP contribution in [0.25, 0.3) is 56.0 Å². The number of fused-ring (bicyclic) bond motifs is 4. The summed E-state index contributed by atoms with van der Waals surface area (Å²) in [5.41, 5.74) is 14.6. The van der Waals surface area contributed by atoms with E-state index >= 15 is 0 Å². The summed E-state index contributed by atoms with van der Waals surface area (Å²) < 4.78 is 0.155. The Kier molecular flexibility index (Phi) is 12.5. The van der Waals surface area contributed by atoms with Crippen molar-refractivity contribution < 1.29 is 15.6 Å². The first kappa shape index (κ1) is 44.8. The van der Waals surface area contributed by atoms with E-state index in [9.17, 15) is 17.0 Å². The van der Waals surface area contributed by atoms with Crippen molar-refractivity contribution >= 4 is 56.6 Å². The molecule has 6 aromatic rings. The van der Waals surface area contributed by atoms with Crippen LogP contribution in [-0.2, 0) is 15.6 Å². The number of rotatable bonds is 11. The van der Waals surface area contributed by atoms with E-state index in [0.29, 0.717) is 0 Å².